The zero-order valence-electron chi connectivity index (χ0n) is 17.8. The standard InChI is InChI=1S/C26H26N2O2S/c1-15(2)30-22-7-6-16(12-17(22)14-27)23-8-9-24(31-23)18-4-3-5-19-25(18)20-13-21(20)26(19)28-10-11-29/h3-9,12,15,20-21,26,28-29H,10-11,13H2,1-2H3. The van der Waals surface area contributed by atoms with Gasteiger partial charge in [-0.3, -0.25) is 0 Å². The lowest BCUT2D eigenvalue weighted by Gasteiger charge is -2.17. The number of aliphatic hydroxyl groups is 1. The first-order valence-corrected chi connectivity index (χ1v) is 11.7. The van der Waals surface area contributed by atoms with Crippen molar-refractivity contribution in [3.05, 3.63) is 65.2 Å². The molecule has 4 nitrogen and oxygen atoms in total. The molecule has 1 heterocycles. The van der Waals surface area contributed by atoms with E-state index in [2.05, 4.69) is 41.7 Å². The first-order valence-electron chi connectivity index (χ1n) is 10.9. The van der Waals surface area contributed by atoms with E-state index in [1.165, 1.54) is 28.0 Å². The van der Waals surface area contributed by atoms with Crippen LogP contribution in [0.25, 0.3) is 20.9 Å². The van der Waals surface area contributed by atoms with E-state index in [0.29, 0.717) is 35.7 Å². The van der Waals surface area contributed by atoms with Gasteiger partial charge >= 0.3 is 0 Å². The Kier molecular flexibility index (Phi) is 5.31. The van der Waals surface area contributed by atoms with Gasteiger partial charge in [0.1, 0.15) is 11.8 Å². The van der Waals surface area contributed by atoms with Crippen molar-refractivity contribution in [2.75, 3.05) is 13.2 Å². The molecule has 1 fully saturated rings. The van der Waals surface area contributed by atoms with Crippen LogP contribution in [0, 0.1) is 17.2 Å². The first kappa shape index (κ1) is 20.3. The second-order valence-electron chi connectivity index (χ2n) is 8.62. The number of aliphatic hydroxyl groups excluding tert-OH is 1. The van der Waals surface area contributed by atoms with E-state index in [1.54, 1.807) is 11.3 Å². The van der Waals surface area contributed by atoms with Crippen LogP contribution in [0.2, 0.25) is 0 Å². The molecule has 158 valence electrons. The molecule has 31 heavy (non-hydrogen) atoms. The second-order valence-corrected chi connectivity index (χ2v) is 9.71. The number of thiophene rings is 1. The highest BCUT2D eigenvalue weighted by Gasteiger charge is 2.52. The smallest absolute Gasteiger partial charge is 0.137 e. The Morgan fingerprint density at radius 2 is 2.03 bits per heavy atom. The average Bonchev–Trinajstić information content (AvgIpc) is 3.27. The number of hydrogen-bond donors (Lipinski definition) is 2. The summed E-state index contributed by atoms with van der Waals surface area (Å²) in [5.41, 5.74) is 5.82. The van der Waals surface area contributed by atoms with Gasteiger partial charge in [-0.1, -0.05) is 18.2 Å². The summed E-state index contributed by atoms with van der Waals surface area (Å²) >= 11 is 1.77. The fraction of sp³-hybridized carbons (Fsp3) is 0.346. The monoisotopic (exact) mass is 430 g/mol. The molecule has 0 aliphatic heterocycles. The summed E-state index contributed by atoms with van der Waals surface area (Å²) in [6.45, 7) is 4.74. The molecule has 5 heteroatoms. The van der Waals surface area contributed by atoms with Crippen molar-refractivity contribution in [2.45, 2.75) is 38.3 Å². The van der Waals surface area contributed by atoms with Crippen LogP contribution in [0.5, 0.6) is 5.75 Å². The van der Waals surface area contributed by atoms with E-state index in [9.17, 15) is 10.4 Å². The molecule has 3 atom stereocenters. The van der Waals surface area contributed by atoms with Gasteiger partial charge in [0.05, 0.1) is 18.3 Å². The molecule has 2 N–H and O–H groups in total. The van der Waals surface area contributed by atoms with Crippen LogP contribution in [0.3, 0.4) is 0 Å². The minimum atomic E-state index is 0.0356. The van der Waals surface area contributed by atoms with E-state index in [0.717, 1.165) is 10.4 Å². The van der Waals surface area contributed by atoms with Crippen molar-refractivity contribution in [1.29, 1.82) is 5.26 Å². The molecule has 0 spiro atoms. The largest absolute Gasteiger partial charge is 0.490 e. The minimum Gasteiger partial charge on any atom is -0.490 e. The maximum Gasteiger partial charge on any atom is 0.137 e. The SMILES string of the molecule is CC(C)Oc1ccc(-c2ccc(-c3cccc4c3C3CC3C4NCCO)s2)cc1C#N. The Hall–Kier alpha value is -2.65. The van der Waals surface area contributed by atoms with Gasteiger partial charge in [0.15, 0.2) is 0 Å². The fourth-order valence-electron chi connectivity index (χ4n) is 4.88. The van der Waals surface area contributed by atoms with E-state index < -0.39 is 0 Å². The van der Waals surface area contributed by atoms with Gasteiger partial charge in [-0.15, -0.1) is 11.3 Å². The summed E-state index contributed by atoms with van der Waals surface area (Å²) in [7, 11) is 0. The molecule has 2 aliphatic carbocycles. The van der Waals surface area contributed by atoms with Gasteiger partial charge < -0.3 is 15.2 Å². The van der Waals surface area contributed by atoms with Crippen molar-refractivity contribution in [1.82, 2.24) is 5.32 Å². The van der Waals surface area contributed by atoms with Gasteiger partial charge in [-0.2, -0.15) is 5.26 Å². The highest BCUT2D eigenvalue weighted by atomic mass is 32.1. The Morgan fingerprint density at radius 3 is 2.81 bits per heavy atom. The second kappa shape index (κ2) is 8.12. The van der Waals surface area contributed by atoms with Crippen LogP contribution >= 0.6 is 11.3 Å². The number of nitrogens with zero attached hydrogens (tertiary/aromatic N) is 1. The van der Waals surface area contributed by atoms with E-state index in [4.69, 9.17) is 4.74 Å². The third-order valence-electron chi connectivity index (χ3n) is 6.21. The van der Waals surface area contributed by atoms with E-state index >= 15 is 0 Å². The zero-order valence-corrected chi connectivity index (χ0v) is 18.6. The van der Waals surface area contributed by atoms with Crippen molar-refractivity contribution >= 4 is 11.3 Å². The fourth-order valence-corrected chi connectivity index (χ4v) is 5.92. The number of nitrogens with one attached hydrogen (secondary N) is 1. The summed E-state index contributed by atoms with van der Waals surface area (Å²) in [6, 6.07) is 19.5. The van der Waals surface area contributed by atoms with Crippen LogP contribution in [0.1, 0.15) is 48.9 Å². The number of hydrogen-bond acceptors (Lipinski definition) is 5. The Bertz CT molecular complexity index is 1160. The third-order valence-corrected chi connectivity index (χ3v) is 7.38. The van der Waals surface area contributed by atoms with Crippen LogP contribution < -0.4 is 10.1 Å². The number of nitriles is 1. The maximum atomic E-state index is 9.56. The molecule has 0 radical (unpaired) electrons. The van der Waals surface area contributed by atoms with E-state index in [1.807, 2.05) is 32.0 Å². The van der Waals surface area contributed by atoms with Crippen molar-refractivity contribution in [3.63, 3.8) is 0 Å². The van der Waals surface area contributed by atoms with Crippen LogP contribution in [0.4, 0.5) is 0 Å². The lowest BCUT2D eigenvalue weighted by Crippen LogP contribution is -2.24. The van der Waals surface area contributed by atoms with Gasteiger partial charge in [-0.05, 0) is 84.7 Å². The molecule has 1 saturated carbocycles. The van der Waals surface area contributed by atoms with Crippen LogP contribution in [-0.4, -0.2) is 24.4 Å². The molecule has 2 aliphatic rings. The molecule has 1 aromatic heterocycles. The zero-order chi connectivity index (χ0) is 21.5. The Morgan fingerprint density at radius 1 is 1.19 bits per heavy atom. The molecular weight excluding hydrogens is 404 g/mol. The molecule has 0 bridgehead atoms. The number of benzene rings is 2. The van der Waals surface area contributed by atoms with E-state index in [-0.39, 0.29) is 12.7 Å². The average molecular weight is 431 g/mol. The highest BCUT2D eigenvalue weighted by molar-refractivity contribution is 7.18. The summed E-state index contributed by atoms with van der Waals surface area (Å²) in [4.78, 5) is 2.42. The molecule has 2 aromatic carbocycles. The lowest BCUT2D eigenvalue weighted by atomic mass is 9.96. The predicted octanol–water partition coefficient (Wildman–Crippen LogP) is 5.48. The molecule has 5 rings (SSSR count). The highest BCUT2D eigenvalue weighted by Crippen LogP contribution is 2.63. The molecule has 3 aromatic rings. The molecule has 0 saturated heterocycles. The first-order chi connectivity index (χ1) is 15.1. The molecular formula is C26H26N2O2S. The summed E-state index contributed by atoms with van der Waals surface area (Å²) < 4.78 is 5.77. The van der Waals surface area contributed by atoms with Crippen LogP contribution in [-0.2, 0) is 0 Å². The Balaban J connectivity index is 1.47. The molecule has 3 unspecified atom stereocenters. The maximum absolute atomic E-state index is 9.56. The number of rotatable bonds is 7. The quantitative estimate of drug-likeness (QED) is 0.521. The Labute approximate surface area is 187 Å². The van der Waals surface area contributed by atoms with Crippen molar-refractivity contribution in [3.8, 4) is 32.7 Å². The van der Waals surface area contributed by atoms with Crippen molar-refractivity contribution in [2.24, 2.45) is 5.92 Å². The minimum absolute atomic E-state index is 0.0356. The van der Waals surface area contributed by atoms with Crippen molar-refractivity contribution < 1.29 is 9.84 Å². The topological polar surface area (TPSA) is 65.3 Å². The third kappa shape index (κ3) is 3.65. The number of fused-ring (bicyclic) bond motifs is 3. The van der Waals surface area contributed by atoms with Crippen LogP contribution in [0.15, 0.2) is 48.5 Å². The predicted molar refractivity (Wildman–Crippen MR) is 124 cm³/mol. The van der Waals surface area contributed by atoms with Gasteiger partial charge in [0.2, 0.25) is 0 Å². The van der Waals surface area contributed by atoms with Gasteiger partial charge in [0.25, 0.3) is 0 Å². The summed E-state index contributed by atoms with van der Waals surface area (Å²) in [5, 5.41) is 22.3. The summed E-state index contributed by atoms with van der Waals surface area (Å²) in [5.74, 6) is 1.93. The number of ether oxygens (including phenoxy) is 1. The van der Waals surface area contributed by atoms with Gasteiger partial charge in [0, 0.05) is 22.3 Å². The summed E-state index contributed by atoms with van der Waals surface area (Å²) in [6.07, 6.45) is 1.27. The normalized spacial score (nSPS) is 20.9. The van der Waals surface area contributed by atoms with Gasteiger partial charge in [-0.25, -0.2) is 0 Å². The molecule has 0 amide bonds. The lowest BCUT2D eigenvalue weighted by molar-refractivity contribution is 0.242.